The van der Waals surface area contributed by atoms with Gasteiger partial charge in [0.05, 0.1) is 0 Å². The summed E-state index contributed by atoms with van der Waals surface area (Å²) in [5.74, 6) is 0.166. The predicted octanol–water partition coefficient (Wildman–Crippen LogP) is 5.41. The number of benzene rings is 1. The second-order valence-electron chi connectivity index (χ2n) is 7.68. The minimum Gasteiger partial charge on any atom is -0.444 e. The van der Waals surface area contributed by atoms with Crippen LogP contribution in [0.15, 0.2) is 24.3 Å². The Kier molecular flexibility index (Phi) is 9.34. The van der Waals surface area contributed by atoms with Gasteiger partial charge in [-0.25, -0.2) is 4.79 Å². The third kappa shape index (κ3) is 8.35. The van der Waals surface area contributed by atoms with E-state index >= 15 is 0 Å². The van der Waals surface area contributed by atoms with Crippen LogP contribution in [0.2, 0.25) is 0 Å². The lowest BCUT2D eigenvalue weighted by Crippen LogP contribution is -2.40. The number of hydrogen-bond acceptors (Lipinski definition) is 3. The molecule has 0 bridgehead atoms. The van der Waals surface area contributed by atoms with Crippen molar-refractivity contribution in [1.29, 1.82) is 0 Å². The minimum atomic E-state index is -0.542. The Hall–Kier alpha value is -1.36. The summed E-state index contributed by atoms with van der Waals surface area (Å²) in [6.45, 7) is 9.49. The zero-order valence-electron chi connectivity index (χ0n) is 16.6. The lowest BCUT2D eigenvalue weighted by atomic mass is 9.89. The zero-order valence-corrected chi connectivity index (χ0v) is 18.2. The lowest BCUT2D eigenvalue weighted by Gasteiger charge is -2.24. The van der Waals surface area contributed by atoms with Crippen LogP contribution in [-0.4, -0.2) is 23.5 Å². The van der Waals surface area contributed by atoms with Crippen LogP contribution in [0.25, 0.3) is 0 Å². The van der Waals surface area contributed by atoms with E-state index in [2.05, 4.69) is 45.5 Å². The monoisotopic (exact) mass is 425 g/mol. The van der Waals surface area contributed by atoms with Crippen molar-refractivity contribution in [3.63, 3.8) is 0 Å². The van der Waals surface area contributed by atoms with Crippen LogP contribution in [0.3, 0.4) is 0 Å². The third-order valence-corrected chi connectivity index (χ3v) is 4.92. The summed E-state index contributed by atoms with van der Waals surface area (Å²) in [6, 6.07) is 8.15. The summed E-state index contributed by atoms with van der Waals surface area (Å²) in [7, 11) is 0. The molecule has 0 spiro atoms. The van der Waals surface area contributed by atoms with Crippen LogP contribution in [0, 0.1) is 5.92 Å². The first-order valence-corrected chi connectivity index (χ1v) is 10.5. The van der Waals surface area contributed by atoms with Gasteiger partial charge in [-0.05, 0) is 51.2 Å². The van der Waals surface area contributed by atoms with Crippen molar-refractivity contribution in [2.45, 2.75) is 77.3 Å². The Morgan fingerprint density at radius 2 is 1.65 bits per heavy atom. The van der Waals surface area contributed by atoms with Crippen molar-refractivity contribution in [3.8, 4) is 0 Å². The molecule has 1 aromatic rings. The Morgan fingerprint density at radius 1 is 1.08 bits per heavy atom. The molecule has 5 heteroatoms. The molecule has 1 amide bonds. The van der Waals surface area contributed by atoms with Gasteiger partial charge in [0.25, 0.3) is 0 Å². The molecule has 1 rings (SSSR count). The molecule has 0 fully saturated rings. The largest absolute Gasteiger partial charge is 0.444 e. The van der Waals surface area contributed by atoms with Gasteiger partial charge in [0.2, 0.25) is 0 Å². The van der Waals surface area contributed by atoms with Crippen molar-refractivity contribution < 1.29 is 14.3 Å². The number of Topliss-reactive ketones (excluding diaryl/α,β-unsaturated/α-hetero) is 1. The van der Waals surface area contributed by atoms with Crippen molar-refractivity contribution in [2.75, 3.05) is 0 Å². The minimum absolute atomic E-state index is 0.0284. The normalized spacial score (nSPS) is 13.8. The molecule has 1 aromatic carbocycles. The van der Waals surface area contributed by atoms with Gasteiger partial charge in [0.1, 0.15) is 11.4 Å². The number of rotatable bonds is 9. The van der Waals surface area contributed by atoms with Gasteiger partial charge in [-0.15, -0.1) is 0 Å². The van der Waals surface area contributed by atoms with Crippen LogP contribution in [0.4, 0.5) is 4.79 Å². The molecule has 0 aliphatic heterocycles. The summed E-state index contributed by atoms with van der Waals surface area (Å²) < 4.78 is 5.29. The highest BCUT2D eigenvalue weighted by Gasteiger charge is 2.23. The van der Waals surface area contributed by atoms with E-state index in [1.165, 1.54) is 11.1 Å². The maximum absolute atomic E-state index is 12.7. The number of hydrogen-bond donors (Lipinski definition) is 1. The number of amides is 1. The fourth-order valence-electron chi connectivity index (χ4n) is 2.72. The molecule has 0 saturated carbocycles. The Morgan fingerprint density at radius 3 is 2.12 bits per heavy atom. The number of carbonyl (C=O) groups is 2. The number of carbonyl (C=O) groups excluding carboxylic acids is 2. The van der Waals surface area contributed by atoms with Crippen LogP contribution in [0.1, 0.15) is 65.0 Å². The summed E-state index contributed by atoms with van der Waals surface area (Å²) in [4.78, 5) is 24.7. The molecule has 2 atom stereocenters. The Labute approximate surface area is 166 Å². The number of halogens is 1. The average molecular weight is 426 g/mol. The van der Waals surface area contributed by atoms with Crippen LogP contribution in [-0.2, 0) is 21.3 Å². The van der Waals surface area contributed by atoms with Crippen molar-refractivity contribution >= 4 is 27.8 Å². The summed E-state index contributed by atoms with van der Waals surface area (Å²) in [6.07, 6.45) is 2.10. The summed E-state index contributed by atoms with van der Waals surface area (Å²) in [5.41, 5.74) is 1.85. The molecule has 0 saturated heterocycles. The van der Waals surface area contributed by atoms with Crippen LogP contribution in [0.5, 0.6) is 0 Å². The van der Waals surface area contributed by atoms with Gasteiger partial charge in [-0.2, -0.15) is 0 Å². The molecule has 0 aliphatic rings. The number of ether oxygens (including phenoxy) is 1. The number of ketones is 1. The third-order valence-electron chi connectivity index (χ3n) is 4.27. The molecule has 146 valence electrons. The molecular weight excluding hydrogens is 394 g/mol. The summed E-state index contributed by atoms with van der Waals surface area (Å²) in [5, 5.41) is 3.66. The lowest BCUT2D eigenvalue weighted by molar-refractivity contribution is -0.123. The number of nitrogens with one attached hydrogen (secondary N) is 1. The van der Waals surface area contributed by atoms with E-state index in [-0.39, 0.29) is 17.7 Å². The molecule has 1 unspecified atom stereocenters. The van der Waals surface area contributed by atoms with E-state index in [9.17, 15) is 9.59 Å². The van der Waals surface area contributed by atoms with E-state index in [1.54, 1.807) is 0 Å². The van der Waals surface area contributed by atoms with Crippen molar-refractivity contribution in [3.05, 3.63) is 35.4 Å². The van der Waals surface area contributed by atoms with Gasteiger partial charge in [0.15, 0.2) is 0 Å². The van der Waals surface area contributed by atoms with Crippen LogP contribution >= 0.6 is 15.9 Å². The standard InChI is InChI=1S/C21H32BrNO3/c1-6-17(12-15-8-10-16(14-22)11-9-15)19(24)13-18(7-2)23-20(25)26-21(3,4)5/h8-11,17-18H,6-7,12-14H2,1-5H3,(H,23,25)/t17?,18-/m0/s1. The second kappa shape index (κ2) is 10.7. The quantitative estimate of drug-likeness (QED) is 0.537. The highest BCUT2D eigenvalue weighted by molar-refractivity contribution is 9.08. The van der Waals surface area contributed by atoms with E-state index in [4.69, 9.17) is 4.74 Å². The Bertz CT molecular complexity index is 578. The SMILES string of the molecule is CCC(Cc1ccc(CBr)cc1)C(=O)C[C@H](CC)NC(=O)OC(C)(C)C. The number of alkyl carbamates (subject to hydrolysis) is 1. The fourth-order valence-corrected chi connectivity index (χ4v) is 3.09. The topological polar surface area (TPSA) is 55.4 Å². The van der Waals surface area contributed by atoms with Gasteiger partial charge in [-0.3, -0.25) is 4.79 Å². The van der Waals surface area contributed by atoms with Crippen LogP contribution < -0.4 is 5.32 Å². The first-order valence-electron chi connectivity index (χ1n) is 9.34. The summed E-state index contributed by atoms with van der Waals surface area (Å²) >= 11 is 3.44. The predicted molar refractivity (Wildman–Crippen MR) is 110 cm³/mol. The first kappa shape index (κ1) is 22.7. The van der Waals surface area contributed by atoms with Crippen molar-refractivity contribution in [2.24, 2.45) is 5.92 Å². The van der Waals surface area contributed by atoms with Gasteiger partial charge >= 0.3 is 6.09 Å². The van der Waals surface area contributed by atoms with E-state index in [0.717, 1.165) is 18.2 Å². The maximum atomic E-state index is 12.7. The highest BCUT2D eigenvalue weighted by Crippen LogP contribution is 2.18. The number of alkyl halides is 1. The molecule has 0 aromatic heterocycles. The molecule has 1 N–H and O–H groups in total. The molecular formula is C21H32BrNO3. The Balaban J connectivity index is 2.63. The molecule has 0 heterocycles. The van der Waals surface area contributed by atoms with Gasteiger partial charge in [-0.1, -0.05) is 54.0 Å². The van der Waals surface area contributed by atoms with E-state index < -0.39 is 11.7 Å². The van der Waals surface area contributed by atoms with E-state index in [1.807, 2.05) is 34.6 Å². The first-order chi connectivity index (χ1) is 12.2. The second-order valence-corrected chi connectivity index (χ2v) is 8.24. The molecule has 26 heavy (non-hydrogen) atoms. The average Bonchev–Trinajstić information content (AvgIpc) is 2.57. The molecule has 4 nitrogen and oxygen atoms in total. The molecule has 0 aliphatic carbocycles. The van der Waals surface area contributed by atoms with E-state index in [0.29, 0.717) is 12.8 Å². The highest BCUT2D eigenvalue weighted by atomic mass is 79.9. The van der Waals surface area contributed by atoms with Gasteiger partial charge < -0.3 is 10.1 Å². The maximum Gasteiger partial charge on any atom is 0.407 e. The van der Waals surface area contributed by atoms with Gasteiger partial charge in [0, 0.05) is 23.7 Å². The zero-order chi connectivity index (χ0) is 19.7. The fraction of sp³-hybridized carbons (Fsp3) is 0.619. The molecule has 0 radical (unpaired) electrons. The smallest absolute Gasteiger partial charge is 0.407 e. The van der Waals surface area contributed by atoms with Crippen molar-refractivity contribution in [1.82, 2.24) is 5.32 Å².